The molecule has 5 nitrogen and oxygen atoms in total. The molecule has 134 valence electrons. The van der Waals surface area contributed by atoms with Crippen LogP contribution in [0.2, 0.25) is 0 Å². The quantitative estimate of drug-likeness (QED) is 0.592. The molecule has 3 heterocycles. The number of furan rings is 1. The number of aryl methyl sites for hydroxylation is 1. The fourth-order valence-electron chi connectivity index (χ4n) is 2.89. The second-order valence-corrected chi connectivity index (χ2v) is 7.80. The summed E-state index contributed by atoms with van der Waals surface area (Å²) in [5.41, 5.74) is 2.21. The van der Waals surface area contributed by atoms with Crippen molar-refractivity contribution >= 4 is 40.3 Å². The van der Waals surface area contributed by atoms with Gasteiger partial charge in [-0.15, -0.1) is 0 Å². The molecule has 0 bridgehead atoms. The van der Waals surface area contributed by atoms with Gasteiger partial charge in [0.05, 0.1) is 18.1 Å². The molecule has 0 radical (unpaired) electrons. The first kappa shape index (κ1) is 17.5. The molecule has 0 atom stereocenters. The van der Waals surface area contributed by atoms with Crippen LogP contribution >= 0.6 is 24.0 Å². The van der Waals surface area contributed by atoms with Crippen LogP contribution in [0.25, 0.3) is 17.4 Å². The van der Waals surface area contributed by atoms with E-state index in [1.54, 1.807) is 11.1 Å². The highest BCUT2D eigenvalue weighted by molar-refractivity contribution is 8.26. The SMILES string of the molecule is Cc1ccc(-c2ccc(/C=C3/SC(=S)N(N4CCOCC4)C3=O)o2)cc1. The smallest absolute Gasteiger partial charge is 0.281 e. The number of carbonyl (C=O) groups is 1. The highest BCUT2D eigenvalue weighted by Gasteiger charge is 2.37. The number of morpholine rings is 1. The molecule has 1 aromatic heterocycles. The average molecular weight is 386 g/mol. The van der Waals surface area contributed by atoms with E-state index in [0.717, 1.165) is 11.3 Å². The average Bonchev–Trinajstić information content (AvgIpc) is 3.21. The van der Waals surface area contributed by atoms with Gasteiger partial charge in [-0.1, -0.05) is 53.8 Å². The zero-order valence-electron chi connectivity index (χ0n) is 14.3. The molecule has 7 heteroatoms. The molecular formula is C19H18N2O3S2. The van der Waals surface area contributed by atoms with Crippen molar-refractivity contribution < 1.29 is 13.9 Å². The molecule has 0 unspecified atom stereocenters. The van der Waals surface area contributed by atoms with Crippen molar-refractivity contribution in [1.29, 1.82) is 0 Å². The van der Waals surface area contributed by atoms with Crippen molar-refractivity contribution in [3.63, 3.8) is 0 Å². The molecule has 0 saturated carbocycles. The molecule has 2 saturated heterocycles. The fraction of sp³-hybridized carbons (Fsp3) is 0.263. The van der Waals surface area contributed by atoms with E-state index in [1.807, 2.05) is 48.3 Å². The van der Waals surface area contributed by atoms with E-state index in [2.05, 4.69) is 0 Å². The summed E-state index contributed by atoms with van der Waals surface area (Å²) < 4.78 is 11.8. The molecule has 4 rings (SSSR count). The monoisotopic (exact) mass is 386 g/mol. The highest BCUT2D eigenvalue weighted by atomic mass is 32.2. The van der Waals surface area contributed by atoms with Crippen molar-refractivity contribution in [1.82, 2.24) is 10.0 Å². The van der Waals surface area contributed by atoms with Crippen LogP contribution in [0, 0.1) is 6.92 Å². The van der Waals surface area contributed by atoms with Crippen LogP contribution in [-0.2, 0) is 9.53 Å². The predicted octanol–water partition coefficient (Wildman–Crippen LogP) is 3.70. The number of carbonyl (C=O) groups excluding carboxylic acids is 1. The maximum atomic E-state index is 12.8. The van der Waals surface area contributed by atoms with Gasteiger partial charge in [-0.3, -0.25) is 4.79 Å². The van der Waals surface area contributed by atoms with Crippen molar-refractivity contribution in [2.24, 2.45) is 0 Å². The van der Waals surface area contributed by atoms with E-state index >= 15 is 0 Å². The van der Waals surface area contributed by atoms with Gasteiger partial charge in [-0.2, -0.15) is 0 Å². The van der Waals surface area contributed by atoms with Crippen LogP contribution in [0.5, 0.6) is 0 Å². The predicted molar refractivity (Wildman–Crippen MR) is 106 cm³/mol. The van der Waals surface area contributed by atoms with Gasteiger partial charge in [0.25, 0.3) is 5.91 Å². The summed E-state index contributed by atoms with van der Waals surface area (Å²) in [6.45, 7) is 4.59. The zero-order chi connectivity index (χ0) is 18.1. The van der Waals surface area contributed by atoms with Crippen LogP contribution in [0.1, 0.15) is 11.3 Å². The third-order valence-corrected chi connectivity index (χ3v) is 5.56. The Kier molecular flexibility index (Phi) is 4.95. The summed E-state index contributed by atoms with van der Waals surface area (Å²) in [4.78, 5) is 13.3. The second kappa shape index (κ2) is 7.36. The number of rotatable bonds is 3. The van der Waals surface area contributed by atoms with E-state index in [-0.39, 0.29) is 5.91 Å². The number of hydrogen-bond acceptors (Lipinski definition) is 6. The minimum absolute atomic E-state index is 0.102. The van der Waals surface area contributed by atoms with E-state index in [1.165, 1.54) is 17.3 Å². The van der Waals surface area contributed by atoms with Crippen LogP contribution in [0.4, 0.5) is 0 Å². The topological polar surface area (TPSA) is 45.9 Å². The number of nitrogens with zero attached hydrogens (tertiary/aromatic N) is 2. The van der Waals surface area contributed by atoms with Crippen molar-refractivity contribution in [2.45, 2.75) is 6.92 Å². The minimum atomic E-state index is -0.102. The summed E-state index contributed by atoms with van der Waals surface area (Å²) in [5.74, 6) is 1.32. The first-order valence-electron chi connectivity index (χ1n) is 8.39. The number of thiocarbonyl (C=S) groups is 1. The van der Waals surface area contributed by atoms with Gasteiger partial charge in [0.2, 0.25) is 0 Å². The third kappa shape index (κ3) is 3.48. The van der Waals surface area contributed by atoms with Crippen molar-refractivity contribution in [3.05, 3.63) is 52.6 Å². The van der Waals surface area contributed by atoms with Gasteiger partial charge in [-0.25, -0.2) is 10.0 Å². The third-order valence-electron chi connectivity index (χ3n) is 4.28. The standard InChI is InChI=1S/C19H18N2O3S2/c1-13-2-4-14(5-3-13)16-7-6-15(24-16)12-17-18(22)21(19(25)26-17)20-8-10-23-11-9-20/h2-7,12H,8-11H2,1H3/b17-12+. The first-order chi connectivity index (χ1) is 12.6. The maximum absolute atomic E-state index is 12.8. The minimum Gasteiger partial charge on any atom is -0.457 e. The lowest BCUT2D eigenvalue weighted by molar-refractivity contribution is -0.138. The Hall–Kier alpha value is -1.93. The van der Waals surface area contributed by atoms with Crippen molar-refractivity contribution in [3.8, 4) is 11.3 Å². The normalized spacial score (nSPS) is 20.3. The van der Waals surface area contributed by atoms with Gasteiger partial charge >= 0.3 is 0 Å². The number of thioether (sulfide) groups is 1. The second-order valence-electron chi connectivity index (χ2n) is 6.13. The van der Waals surface area contributed by atoms with E-state index in [0.29, 0.717) is 41.3 Å². The van der Waals surface area contributed by atoms with Gasteiger partial charge in [0.15, 0.2) is 4.32 Å². The molecule has 0 aliphatic carbocycles. The van der Waals surface area contributed by atoms with Gasteiger partial charge in [0, 0.05) is 24.7 Å². The maximum Gasteiger partial charge on any atom is 0.281 e. The molecule has 0 N–H and O–H groups in total. The van der Waals surface area contributed by atoms with Gasteiger partial charge < -0.3 is 9.15 Å². The fourth-order valence-corrected chi connectivity index (χ4v) is 4.18. The lowest BCUT2D eigenvalue weighted by atomic mass is 10.1. The summed E-state index contributed by atoms with van der Waals surface area (Å²) in [7, 11) is 0. The molecule has 2 aromatic rings. The lowest BCUT2D eigenvalue weighted by Crippen LogP contribution is -2.50. The molecule has 0 spiro atoms. The Balaban J connectivity index is 1.54. The number of amides is 1. The van der Waals surface area contributed by atoms with E-state index < -0.39 is 0 Å². The van der Waals surface area contributed by atoms with Crippen LogP contribution in [-0.4, -0.2) is 46.5 Å². The number of ether oxygens (including phenoxy) is 1. The molecule has 1 amide bonds. The molecule has 2 fully saturated rings. The highest BCUT2D eigenvalue weighted by Crippen LogP contribution is 2.34. The Morgan fingerprint density at radius 3 is 2.58 bits per heavy atom. The molecule has 26 heavy (non-hydrogen) atoms. The Bertz CT molecular complexity index is 867. The Morgan fingerprint density at radius 1 is 1.12 bits per heavy atom. The van der Waals surface area contributed by atoms with E-state index in [4.69, 9.17) is 21.4 Å². The van der Waals surface area contributed by atoms with Crippen LogP contribution < -0.4 is 0 Å². The largest absolute Gasteiger partial charge is 0.457 e. The lowest BCUT2D eigenvalue weighted by Gasteiger charge is -2.33. The summed E-state index contributed by atoms with van der Waals surface area (Å²) in [6.07, 6.45) is 1.76. The van der Waals surface area contributed by atoms with E-state index in [9.17, 15) is 4.79 Å². The van der Waals surface area contributed by atoms with Gasteiger partial charge in [-0.05, 0) is 19.1 Å². The number of hydrazine groups is 1. The Morgan fingerprint density at radius 2 is 1.85 bits per heavy atom. The van der Waals surface area contributed by atoms with Gasteiger partial charge in [0.1, 0.15) is 11.5 Å². The summed E-state index contributed by atoms with van der Waals surface area (Å²) >= 11 is 6.70. The molecular weight excluding hydrogens is 368 g/mol. The van der Waals surface area contributed by atoms with Crippen LogP contribution in [0.3, 0.4) is 0 Å². The van der Waals surface area contributed by atoms with Crippen LogP contribution in [0.15, 0.2) is 45.7 Å². The molecule has 2 aliphatic rings. The zero-order valence-corrected chi connectivity index (χ0v) is 15.9. The first-order valence-corrected chi connectivity index (χ1v) is 9.62. The Labute approximate surface area is 161 Å². The van der Waals surface area contributed by atoms with Crippen molar-refractivity contribution in [2.75, 3.05) is 26.3 Å². The summed E-state index contributed by atoms with van der Waals surface area (Å²) in [6, 6.07) is 11.9. The molecule has 2 aliphatic heterocycles. The summed E-state index contributed by atoms with van der Waals surface area (Å²) in [5, 5.41) is 3.53. The number of benzene rings is 1. The number of hydrogen-bond donors (Lipinski definition) is 0. The molecule has 1 aromatic carbocycles.